The van der Waals surface area contributed by atoms with Gasteiger partial charge in [-0.05, 0) is 12.1 Å². The summed E-state index contributed by atoms with van der Waals surface area (Å²) in [6, 6.07) is 4.76. The number of para-hydroxylation sites is 1. The minimum absolute atomic E-state index is 0.126. The summed E-state index contributed by atoms with van der Waals surface area (Å²) in [6.45, 7) is -0.586. The van der Waals surface area contributed by atoms with Crippen molar-refractivity contribution in [2.45, 2.75) is 43.1 Å². The summed E-state index contributed by atoms with van der Waals surface area (Å²) >= 11 is 0. The summed E-state index contributed by atoms with van der Waals surface area (Å²) in [5.74, 6) is -1.84. The Labute approximate surface area is 148 Å². The van der Waals surface area contributed by atoms with E-state index in [0.29, 0.717) is 0 Å². The van der Waals surface area contributed by atoms with Crippen molar-refractivity contribution in [3.8, 4) is 0 Å². The second-order valence-corrected chi connectivity index (χ2v) is 6.01. The zero-order valence-corrected chi connectivity index (χ0v) is 13.7. The number of nitrogens with two attached hydrogens (primary N) is 1. The summed E-state index contributed by atoms with van der Waals surface area (Å²) in [5.41, 5.74) is 5.73. The molecule has 144 valence electrons. The van der Waals surface area contributed by atoms with Gasteiger partial charge in [0.15, 0.2) is 12.0 Å². The maximum Gasteiger partial charge on any atom is 0.320 e. The van der Waals surface area contributed by atoms with E-state index in [1.807, 2.05) is 0 Å². The standard InChI is InChI=1S/C16H22N2O8/c17-8(16(24)25)5-10(20)7-3-1-2-4-9(7)18-15-14(23)13(22)12(21)11(6-19)26-15/h1-4,8,11-15,18-19,21-23H,5-6,17H2,(H,24,25)/t8?,11-,12-,13-,14-,15+/m1/s1. The molecule has 0 radical (unpaired) electrons. The molecule has 1 unspecified atom stereocenters. The van der Waals surface area contributed by atoms with Crippen LogP contribution >= 0.6 is 0 Å². The topological polar surface area (TPSA) is 183 Å². The van der Waals surface area contributed by atoms with Crippen LogP contribution in [0.3, 0.4) is 0 Å². The molecule has 2 rings (SSSR count). The average molecular weight is 370 g/mol. The van der Waals surface area contributed by atoms with Crippen molar-refractivity contribution in [3.63, 3.8) is 0 Å². The molecule has 1 fully saturated rings. The largest absolute Gasteiger partial charge is 0.480 e. The van der Waals surface area contributed by atoms with Crippen molar-refractivity contribution in [1.29, 1.82) is 0 Å². The normalized spacial score (nSPS) is 29.8. The number of ketones is 1. The fourth-order valence-corrected chi connectivity index (χ4v) is 2.62. The minimum Gasteiger partial charge on any atom is -0.480 e. The minimum atomic E-state index is -1.57. The van der Waals surface area contributed by atoms with Crippen LogP contribution < -0.4 is 11.1 Å². The molecule has 0 aromatic heterocycles. The number of nitrogens with one attached hydrogen (secondary N) is 1. The molecule has 10 heteroatoms. The molecule has 1 aromatic carbocycles. The lowest BCUT2D eigenvalue weighted by Crippen LogP contribution is -2.60. The number of Topliss-reactive ketones (excluding diaryl/α,β-unsaturated/α-hetero) is 1. The summed E-state index contributed by atoms with van der Waals surface area (Å²) < 4.78 is 5.34. The maximum atomic E-state index is 12.3. The highest BCUT2D eigenvalue weighted by Gasteiger charge is 2.43. The van der Waals surface area contributed by atoms with Gasteiger partial charge in [0.25, 0.3) is 0 Å². The SMILES string of the molecule is NC(CC(=O)c1ccccc1N[C@H]1O[C@H](CO)[C@@H](O)[C@@H](O)[C@H]1O)C(=O)O. The number of rotatable bonds is 7. The molecule has 0 saturated carbocycles. The molecule has 0 amide bonds. The van der Waals surface area contributed by atoms with Crippen LogP contribution in [-0.2, 0) is 9.53 Å². The Bertz CT molecular complexity index is 653. The first-order valence-corrected chi connectivity index (χ1v) is 7.94. The monoisotopic (exact) mass is 370 g/mol. The molecule has 10 nitrogen and oxygen atoms in total. The van der Waals surface area contributed by atoms with Gasteiger partial charge in [-0.25, -0.2) is 0 Å². The fraction of sp³-hybridized carbons (Fsp3) is 0.500. The summed E-state index contributed by atoms with van der Waals surface area (Å²) in [7, 11) is 0. The van der Waals surface area contributed by atoms with E-state index in [0.717, 1.165) is 0 Å². The smallest absolute Gasteiger partial charge is 0.320 e. The zero-order valence-electron chi connectivity index (χ0n) is 13.7. The predicted octanol–water partition coefficient (Wildman–Crippen LogP) is -2.12. The van der Waals surface area contributed by atoms with Gasteiger partial charge in [0.1, 0.15) is 30.5 Å². The third-order valence-electron chi connectivity index (χ3n) is 4.14. The van der Waals surface area contributed by atoms with E-state index in [1.165, 1.54) is 12.1 Å². The predicted molar refractivity (Wildman–Crippen MR) is 88.4 cm³/mol. The van der Waals surface area contributed by atoms with Gasteiger partial charge < -0.3 is 41.3 Å². The van der Waals surface area contributed by atoms with E-state index >= 15 is 0 Å². The number of carbonyl (C=O) groups is 2. The van der Waals surface area contributed by atoms with E-state index in [4.69, 9.17) is 15.6 Å². The Kier molecular flexibility index (Phi) is 6.64. The highest BCUT2D eigenvalue weighted by Crippen LogP contribution is 2.25. The highest BCUT2D eigenvalue weighted by atomic mass is 16.6. The Morgan fingerprint density at radius 2 is 1.81 bits per heavy atom. The first kappa shape index (κ1) is 20.2. The second-order valence-electron chi connectivity index (χ2n) is 6.01. The van der Waals surface area contributed by atoms with Gasteiger partial charge in [0.05, 0.1) is 6.61 Å². The lowest BCUT2D eigenvalue weighted by molar-refractivity contribution is -0.221. The van der Waals surface area contributed by atoms with Crippen LogP contribution in [-0.4, -0.2) is 80.6 Å². The molecule has 1 aliphatic rings. The zero-order chi connectivity index (χ0) is 19.4. The van der Waals surface area contributed by atoms with Gasteiger partial charge in [0.2, 0.25) is 0 Å². The van der Waals surface area contributed by atoms with E-state index < -0.39 is 61.5 Å². The second kappa shape index (κ2) is 8.54. The van der Waals surface area contributed by atoms with Gasteiger partial charge in [0, 0.05) is 17.7 Å². The number of hydrogen-bond acceptors (Lipinski definition) is 9. The molecule has 1 aromatic rings. The molecule has 0 aliphatic carbocycles. The van der Waals surface area contributed by atoms with Crippen molar-refractivity contribution >= 4 is 17.4 Å². The van der Waals surface area contributed by atoms with Gasteiger partial charge in [-0.1, -0.05) is 12.1 Å². The fourth-order valence-electron chi connectivity index (χ4n) is 2.62. The number of carboxylic acids is 1. The molecular formula is C16H22N2O8. The Balaban J connectivity index is 2.19. The van der Waals surface area contributed by atoms with Crippen molar-refractivity contribution < 1.29 is 39.9 Å². The van der Waals surface area contributed by atoms with Crippen LogP contribution in [0.5, 0.6) is 0 Å². The van der Waals surface area contributed by atoms with Crippen LogP contribution in [0.15, 0.2) is 24.3 Å². The Morgan fingerprint density at radius 3 is 2.42 bits per heavy atom. The van der Waals surface area contributed by atoms with E-state index in [1.54, 1.807) is 12.1 Å². The number of carboxylic acid groups (broad SMARTS) is 1. The van der Waals surface area contributed by atoms with Crippen LogP contribution in [0, 0.1) is 0 Å². The van der Waals surface area contributed by atoms with Gasteiger partial charge in [-0.15, -0.1) is 0 Å². The van der Waals surface area contributed by atoms with E-state index in [-0.39, 0.29) is 11.3 Å². The van der Waals surface area contributed by atoms with Gasteiger partial charge >= 0.3 is 5.97 Å². The number of benzene rings is 1. The Hall–Kier alpha value is -2.08. The number of aliphatic hydroxyl groups is 4. The number of aliphatic carboxylic acids is 1. The van der Waals surface area contributed by atoms with Crippen molar-refractivity contribution in [1.82, 2.24) is 0 Å². The number of ether oxygens (including phenoxy) is 1. The van der Waals surface area contributed by atoms with Crippen LogP contribution in [0.4, 0.5) is 5.69 Å². The van der Waals surface area contributed by atoms with E-state index in [2.05, 4.69) is 5.32 Å². The molecule has 0 bridgehead atoms. The van der Waals surface area contributed by atoms with Crippen molar-refractivity contribution in [2.24, 2.45) is 5.73 Å². The third-order valence-corrected chi connectivity index (χ3v) is 4.14. The van der Waals surface area contributed by atoms with Crippen LogP contribution in [0.1, 0.15) is 16.8 Å². The molecule has 26 heavy (non-hydrogen) atoms. The molecule has 1 aliphatic heterocycles. The van der Waals surface area contributed by atoms with Gasteiger partial charge in [-0.2, -0.15) is 0 Å². The summed E-state index contributed by atoms with van der Waals surface area (Å²) in [4.78, 5) is 23.2. The first-order valence-electron chi connectivity index (χ1n) is 7.94. The lowest BCUT2D eigenvalue weighted by Gasteiger charge is -2.40. The number of hydrogen-bond donors (Lipinski definition) is 7. The number of aliphatic hydroxyl groups excluding tert-OH is 4. The summed E-state index contributed by atoms with van der Waals surface area (Å²) in [5, 5.41) is 50.5. The Morgan fingerprint density at radius 1 is 1.15 bits per heavy atom. The first-order chi connectivity index (χ1) is 12.3. The molecule has 6 atom stereocenters. The quantitative estimate of drug-likeness (QED) is 0.262. The lowest BCUT2D eigenvalue weighted by atomic mass is 9.97. The third kappa shape index (κ3) is 4.36. The van der Waals surface area contributed by atoms with Gasteiger partial charge in [-0.3, -0.25) is 9.59 Å². The van der Waals surface area contributed by atoms with Crippen molar-refractivity contribution in [2.75, 3.05) is 11.9 Å². The number of anilines is 1. The number of carbonyl (C=O) groups excluding carboxylic acids is 1. The van der Waals surface area contributed by atoms with Crippen LogP contribution in [0.25, 0.3) is 0 Å². The molecule has 1 heterocycles. The highest BCUT2D eigenvalue weighted by molar-refractivity contribution is 6.03. The molecule has 0 spiro atoms. The van der Waals surface area contributed by atoms with Crippen LogP contribution in [0.2, 0.25) is 0 Å². The van der Waals surface area contributed by atoms with E-state index in [9.17, 15) is 30.0 Å². The van der Waals surface area contributed by atoms with Crippen molar-refractivity contribution in [3.05, 3.63) is 29.8 Å². The molecule has 8 N–H and O–H groups in total. The maximum absolute atomic E-state index is 12.3. The average Bonchev–Trinajstić information content (AvgIpc) is 2.62. The molecule has 1 saturated heterocycles. The molecular weight excluding hydrogens is 348 g/mol. The summed E-state index contributed by atoms with van der Waals surface area (Å²) in [6.07, 6.45) is -7.35.